The van der Waals surface area contributed by atoms with Crippen molar-refractivity contribution in [3.63, 3.8) is 0 Å². The van der Waals surface area contributed by atoms with E-state index in [0.29, 0.717) is 0 Å². The molecule has 0 fully saturated rings. The number of benzene rings is 2. The molecule has 0 amide bonds. The van der Waals surface area contributed by atoms with Gasteiger partial charge < -0.3 is 14.9 Å². The molecule has 3 heteroatoms. The van der Waals surface area contributed by atoms with Crippen LogP contribution in [0.3, 0.4) is 0 Å². The van der Waals surface area contributed by atoms with Gasteiger partial charge in [-0.2, -0.15) is 0 Å². The fourth-order valence-electron chi connectivity index (χ4n) is 2.46. The Kier molecular flexibility index (Phi) is 57.4. The van der Waals surface area contributed by atoms with Crippen molar-refractivity contribution in [2.24, 2.45) is 0 Å². The van der Waals surface area contributed by atoms with Crippen LogP contribution in [0.5, 0.6) is 0 Å². The van der Waals surface area contributed by atoms with Crippen LogP contribution in [0.25, 0.3) is 0 Å². The first-order chi connectivity index (χ1) is 9.31. The van der Waals surface area contributed by atoms with Gasteiger partial charge in [-0.1, -0.05) is 105 Å². The number of hydrogen-bond donors (Lipinski definition) is 0. The Balaban J connectivity index is -0.0000000741. The van der Waals surface area contributed by atoms with E-state index in [1.54, 1.807) is 0 Å². The maximum absolute atomic E-state index is 2.27. The molecule has 0 spiro atoms. The molecule has 28 heavy (non-hydrogen) atoms. The average molecular weight is 613 g/mol. The zero-order valence-electron chi connectivity index (χ0n) is 15.9. The van der Waals surface area contributed by atoms with E-state index < -0.39 is 0 Å². The summed E-state index contributed by atoms with van der Waals surface area (Å²) in [4.78, 5) is 0. The standard InChI is InChI=1S/C19H24.4CH4.2CH3.3Y/c1-3-5-16-7-11-18(12-8-16)15-19-13-9-17(6-4-2)10-14-19;;;;;;;;;/h7-14H,3-6,15H2,1-2H3;4*1H4;2*1H3;;;/q;;;;;2*-1;;;. The predicted molar refractivity (Wildman–Crippen MR) is 123 cm³/mol. The van der Waals surface area contributed by atoms with E-state index in [1.807, 2.05) is 0 Å². The van der Waals surface area contributed by atoms with E-state index in [-0.39, 0.29) is 143 Å². The molecule has 0 bridgehead atoms. The molecule has 0 unspecified atom stereocenters. The van der Waals surface area contributed by atoms with E-state index in [9.17, 15) is 0 Å². The van der Waals surface area contributed by atoms with Crippen LogP contribution in [0.1, 0.15) is 78.6 Å². The van der Waals surface area contributed by atoms with E-state index in [4.69, 9.17) is 0 Å². The Labute approximate surface area is 255 Å². The molecule has 2 aromatic carbocycles. The third kappa shape index (κ3) is 19.7. The van der Waals surface area contributed by atoms with Crippen molar-refractivity contribution in [2.45, 2.75) is 75.7 Å². The number of aryl methyl sites for hydroxylation is 2. The normalized spacial score (nSPS) is 7.21. The number of rotatable bonds is 6. The second kappa shape index (κ2) is 30.9. The zero-order valence-corrected chi connectivity index (χ0v) is 24.4. The summed E-state index contributed by atoms with van der Waals surface area (Å²) in [6.07, 6.45) is 5.85. The van der Waals surface area contributed by atoms with Gasteiger partial charge in [-0.05, 0) is 41.5 Å². The SMILES string of the molecule is C.C.C.C.CCCc1ccc(Cc2ccc(CCC)cc2)cc1.[CH3-].[CH3-].[Y].[Y].[Y]. The molecular weight excluding hydrogens is 567 g/mol. The van der Waals surface area contributed by atoms with Crippen LogP contribution < -0.4 is 0 Å². The van der Waals surface area contributed by atoms with Gasteiger partial charge >= 0.3 is 0 Å². The molecule has 0 saturated carbocycles. The summed E-state index contributed by atoms with van der Waals surface area (Å²) in [5.41, 5.74) is 5.71. The number of hydrogen-bond acceptors (Lipinski definition) is 0. The molecule has 2 aromatic rings. The Morgan fingerprint density at radius 1 is 0.464 bits per heavy atom. The van der Waals surface area contributed by atoms with Crippen molar-refractivity contribution in [1.29, 1.82) is 0 Å². The molecule has 0 aromatic heterocycles. The van der Waals surface area contributed by atoms with Crippen LogP contribution in [0.15, 0.2) is 48.5 Å². The minimum Gasteiger partial charge on any atom is -0.358 e. The van der Waals surface area contributed by atoms with Gasteiger partial charge in [0.05, 0.1) is 0 Å². The van der Waals surface area contributed by atoms with Crippen molar-refractivity contribution in [2.75, 3.05) is 0 Å². The molecule has 0 aliphatic carbocycles. The van der Waals surface area contributed by atoms with Crippen molar-refractivity contribution < 1.29 is 98.1 Å². The fraction of sp³-hybridized carbons (Fsp3) is 0.440. The van der Waals surface area contributed by atoms with Crippen LogP contribution >= 0.6 is 0 Å². The summed E-state index contributed by atoms with van der Waals surface area (Å²) >= 11 is 0. The molecule has 2 rings (SSSR count). The second-order valence-corrected chi connectivity index (χ2v) is 5.31. The Hall–Kier alpha value is 1.75. The molecule has 0 heterocycles. The monoisotopic (exact) mass is 613 g/mol. The first-order valence-electron chi connectivity index (χ1n) is 7.47. The minimum absolute atomic E-state index is 0. The first-order valence-corrected chi connectivity index (χ1v) is 7.47. The fourth-order valence-corrected chi connectivity index (χ4v) is 2.46. The summed E-state index contributed by atoms with van der Waals surface area (Å²) in [6.45, 7) is 4.46. The van der Waals surface area contributed by atoms with E-state index in [0.717, 1.165) is 6.42 Å². The molecule has 0 atom stereocenters. The molecule has 0 saturated heterocycles. The van der Waals surface area contributed by atoms with E-state index in [2.05, 4.69) is 62.4 Å². The molecule has 157 valence electrons. The molecule has 3 radical (unpaired) electrons. The Morgan fingerprint density at radius 3 is 0.893 bits per heavy atom. The summed E-state index contributed by atoms with van der Waals surface area (Å²) in [5.74, 6) is 0. The summed E-state index contributed by atoms with van der Waals surface area (Å²) in [7, 11) is 0. The summed E-state index contributed by atoms with van der Waals surface area (Å²) in [5, 5.41) is 0. The molecule has 0 N–H and O–H groups in total. The van der Waals surface area contributed by atoms with E-state index >= 15 is 0 Å². The van der Waals surface area contributed by atoms with Gasteiger partial charge in [0.25, 0.3) is 0 Å². The van der Waals surface area contributed by atoms with Crippen LogP contribution in [0, 0.1) is 14.9 Å². The van der Waals surface area contributed by atoms with Gasteiger partial charge in [0.1, 0.15) is 0 Å². The summed E-state index contributed by atoms with van der Waals surface area (Å²) in [6, 6.07) is 18.1. The quantitative estimate of drug-likeness (QED) is 0.287. The molecule has 0 nitrogen and oxygen atoms in total. The van der Waals surface area contributed by atoms with Gasteiger partial charge in [0.15, 0.2) is 0 Å². The van der Waals surface area contributed by atoms with Crippen LogP contribution in [-0.4, -0.2) is 0 Å². The minimum atomic E-state index is 0. The zero-order chi connectivity index (χ0) is 13.5. The average Bonchev–Trinajstić information content (AvgIpc) is 2.44. The van der Waals surface area contributed by atoms with Crippen LogP contribution in [0.4, 0.5) is 0 Å². The van der Waals surface area contributed by atoms with Gasteiger partial charge in [-0.15, -0.1) is 0 Å². The maximum Gasteiger partial charge on any atom is 0 e. The van der Waals surface area contributed by atoms with Gasteiger partial charge in [0.2, 0.25) is 0 Å². The molecular formula is C25H46Y3-2. The first kappa shape index (κ1) is 52.0. The van der Waals surface area contributed by atoms with Crippen LogP contribution in [0.2, 0.25) is 0 Å². The molecule has 0 aliphatic heterocycles. The topological polar surface area (TPSA) is 0 Å². The van der Waals surface area contributed by atoms with Crippen LogP contribution in [-0.2, 0) is 117 Å². The van der Waals surface area contributed by atoms with Gasteiger partial charge in [0, 0.05) is 98.1 Å². The van der Waals surface area contributed by atoms with E-state index in [1.165, 1.54) is 47.9 Å². The largest absolute Gasteiger partial charge is 0.358 e. The molecule has 0 aliphatic rings. The third-order valence-electron chi connectivity index (χ3n) is 3.53. The summed E-state index contributed by atoms with van der Waals surface area (Å²) < 4.78 is 0. The van der Waals surface area contributed by atoms with Gasteiger partial charge in [-0.25, -0.2) is 0 Å². The van der Waals surface area contributed by atoms with Crippen molar-refractivity contribution >= 4 is 0 Å². The maximum atomic E-state index is 2.27. The van der Waals surface area contributed by atoms with Crippen molar-refractivity contribution in [1.82, 2.24) is 0 Å². The second-order valence-electron chi connectivity index (χ2n) is 5.31. The smallest absolute Gasteiger partial charge is 0 e. The van der Waals surface area contributed by atoms with Crippen molar-refractivity contribution in [3.05, 3.63) is 85.6 Å². The predicted octanol–water partition coefficient (Wildman–Crippen LogP) is 8.62. The van der Waals surface area contributed by atoms with Gasteiger partial charge in [-0.3, -0.25) is 0 Å². The Bertz CT molecular complexity index is 443. The third-order valence-corrected chi connectivity index (χ3v) is 3.53. The van der Waals surface area contributed by atoms with Crippen molar-refractivity contribution in [3.8, 4) is 0 Å². The Morgan fingerprint density at radius 2 is 0.679 bits per heavy atom.